The molecule has 2 unspecified atom stereocenters. The van der Waals surface area contributed by atoms with Gasteiger partial charge in [0.1, 0.15) is 16.9 Å². The lowest BCUT2D eigenvalue weighted by atomic mass is 9.86. The van der Waals surface area contributed by atoms with Gasteiger partial charge in [0, 0.05) is 19.6 Å². The van der Waals surface area contributed by atoms with Crippen molar-refractivity contribution in [3.05, 3.63) is 47.9 Å². The number of methoxy groups -OCH3 is 1. The van der Waals surface area contributed by atoms with Crippen molar-refractivity contribution >= 4 is 23.5 Å². The molecule has 0 radical (unpaired) electrons. The minimum atomic E-state index is -0.898. The number of ether oxygens (including phenoxy) is 1. The number of anilines is 1. The number of halogens is 1. The van der Waals surface area contributed by atoms with Gasteiger partial charge in [-0.1, -0.05) is 13.0 Å². The highest BCUT2D eigenvalue weighted by Crippen LogP contribution is 2.36. The highest BCUT2D eigenvalue weighted by Gasteiger charge is 2.51. The summed E-state index contributed by atoms with van der Waals surface area (Å²) < 4.78 is 24.1. The van der Waals surface area contributed by atoms with E-state index in [2.05, 4.69) is 22.5 Å². The second kappa shape index (κ2) is 9.21. The van der Waals surface area contributed by atoms with Crippen molar-refractivity contribution in [2.24, 2.45) is 11.8 Å². The Labute approximate surface area is 190 Å². The van der Waals surface area contributed by atoms with Crippen molar-refractivity contribution in [2.45, 2.75) is 31.7 Å². The standard InChI is InChI=1S/C23H27FN4O5/c1-14-12-28(17-5-3-4-16(24)19(17)21(30)32-2)9-6-15(14)10-26-22(31)23(7-8-23)27-20(29)18-11-25-13-33-18/h3-5,11,13-15H,6-10,12H2,1-2H3,(H,26,31)(H,27,29). The first-order valence-electron chi connectivity index (χ1n) is 11.0. The van der Waals surface area contributed by atoms with Crippen molar-refractivity contribution in [2.75, 3.05) is 31.6 Å². The summed E-state index contributed by atoms with van der Waals surface area (Å²) in [7, 11) is 1.23. The second-order valence-electron chi connectivity index (χ2n) is 8.71. The quantitative estimate of drug-likeness (QED) is 0.611. The summed E-state index contributed by atoms with van der Waals surface area (Å²) in [6, 6.07) is 4.55. The number of rotatable bonds is 7. The third-order valence-corrected chi connectivity index (χ3v) is 6.52. The Balaban J connectivity index is 1.33. The average molecular weight is 458 g/mol. The summed E-state index contributed by atoms with van der Waals surface area (Å²) in [5.41, 5.74) is -0.439. The van der Waals surface area contributed by atoms with E-state index in [1.54, 1.807) is 12.1 Å². The lowest BCUT2D eigenvalue weighted by Crippen LogP contribution is -2.51. The SMILES string of the molecule is COC(=O)c1c(F)cccc1N1CCC(CNC(=O)C2(NC(=O)c3cnco3)CC2)C(C)C1. The fourth-order valence-corrected chi connectivity index (χ4v) is 4.33. The fourth-order valence-electron chi connectivity index (χ4n) is 4.33. The molecule has 2 amide bonds. The van der Waals surface area contributed by atoms with E-state index in [1.165, 1.54) is 25.8 Å². The van der Waals surface area contributed by atoms with Crippen LogP contribution in [0.2, 0.25) is 0 Å². The zero-order valence-electron chi connectivity index (χ0n) is 18.6. The van der Waals surface area contributed by atoms with Gasteiger partial charge < -0.3 is 24.7 Å². The van der Waals surface area contributed by atoms with E-state index in [0.29, 0.717) is 38.2 Å². The maximum atomic E-state index is 14.3. The first kappa shape index (κ1) is 22.8. The summed E-state index contributed by atoms with van der Waals surface area (Å²) >= 11 is 0. The van der Waals surface area contributed by atoms with Crippen LogP contribution in [0.3, 0.4) is 0 Å². The molecule has 2 fully saturated rings. The first-order chi connectivity index (χ1) is 15.8. The van der Waals surface area contributed by atoms with Crippen LogP contribution in [0.25, 0.3) is 0 Å². The monoisotopic (exact) mass is 458 g/mol. The van der Waals surface area contributed by atoms with Crippen LogP contribution in [0, 0.1) is 17.7 Å². The molecule has 0 bridgehead atoms. The molecular weight excluding hydrogens is 431 g/mol. The van der Waals surface area contributed by atoms with Gasteiger partial charge in [-0.3, -0.25) is 9.59 Å². The zero-order valence-corrected chi connectivity index (χ0v) is 18.6. The molecule has 2 N–H and O–H groups in total. The molecule has 1 aromatic heterocycles. The molecule has 1 saturated carbocycles. The van der Waals surface area contributed by atoms with Crippen LogP contribution in [0.5, 0.6) is 0 Å². The number of nitrogens with one attached hydrogen (secondary N) is 2. The molecule has 1 aliphatic heterocycles. The Hall–Kier alpha value is -3.43. The highest BCUT2D eigenvalue weighted by atomic mass is 19.1. The predicted octanol–water partition coefficient (Wildman–Crippen LogP) is 2.14. The zero-order chi connectivity index (χ0) is 23.6. The number of benzene rings is 1. The molecule has 9 nitrogen and oxygen atoms in total. The minimum Gasteiger partial charge on any atom is -0.465 e. The summed E-state index contributed by atoms with van der Waals surface area (Å²) in [6.07, 6.45) is 4.38. The fraction of sp³-hybridized carbons (Fsp3) is 0.478. The Morgan fingerprint density at radius 2 is 2.12 bits per heavy atom. The van der Waals surface area contributed by atoms with Gasteiger partial charge in [-0.2, -0.15) is 0 Å². The molecular formula is C23H27FN4O5. The molecule has 176 valence electrons. The van der Waals surface area contributed by atoms with E-state index in [0.717, 1.165) is 6.42 Å². The lowest BCUT2D eigenvalue weighted by Gasteiger charge is -2.39. The number of hydrogen-bond acceptors (Lipinski definition) is 7. The minimum absolute atomic E-state index is 0.0582. The Kier molecular flexibility index (Phi) is 6.35. The number of piperidine rings is 1. The number of amides is 2. The van der Waals surface area contributed by atoms with Crippen LogP contribution in [0.15, 0.2) is 35.2 Å². The largest absolute Gasteiger partial charge is 0.465 e. The number of carbonyl (C=O) groups is 3. The summed E-state index contributed by atoms with van der Waals surface area (Å²) in [5, 5.41) is 5.74. The van der Waals surface area contributed by atoms with Gasteiger partial charge in [0.2, 0.25) is 11.7 Å². The molecule has 2 heterocycles. The summed E-state index contributed by atoms with van der Waals surface area (Å²) in [6.45, 7) is 3.77. The van der Waals surface area contributed by atoms with E-state index in [1.807, 2.05) is 4.90 Å². The van der Waals surface area contributed by atoms with Crippen LogP contribution in [-0.4, -0.2) is 55.1 Å². The number of nitrogens with zero attached hydrogens (tertiary/aromatic N) is 2. The molecule has 33 heavy (non-hydrogen) atoms. The number of carbonyl (C=O) groups excluding carboxylic acids is 3. The number of oxazole rings is 1. The second-order valence-corrected chi connectivity index (χ2v) is 8.71. The van der Waals surface area contributed by atoms with Gasteiger partial charge in [-0.05, 0) is 43.2 Å². The summed E-state index contributed by atoms with van der Waals surface area (Å²) in [4.78, 5) is 42.8. The highest BCUT2D eigenvalue weighted by molar-refractivity contribution is 5.99. The van der Waals surface area contributed by atoms with Crippen LogP contribution in [0.4, 0.5) is 10.1 Å². The van der Waals surface area contributed by atoms with Crippen molar-refractivity contribution in [3.63, 3.8) is 0 Å². The number of aromatic nitrogens is 1. The van der Waals surface area contributed by atoms with Crippen molar-refractivity contribution in [3.8, 4) is 0 Å². The Morgan fingerprint density at radius 3 is 2.76 bits per heavy atom. The molecule has 1 aliphatic carbocycles. The third kappa shape index (κ3) is 4.69. The van der Waals surface area contributed by atoms with Crippen LogP contribution in [-0.2, 0) is 9.53 Å². The maximum Gasteiger partial charge on any atom is 0.342 e. The lowest BCUT2D eigenvalue weighted by molar-refractivity contribution is -0.124. The predicted molar refractivity (Wildman–Crippen MR) is 116 cm³/mol. The maximum absolute atomic E-state index is 14.3. The number of esters is 1. The van der Waals surface area contributed by atoms with Crippen LogP contribution >= 0.6 is 0 Å². The van der Waals surface area contributed by atoms with Gasteiger partial charge in [0.25, 0.3) is 5.91 Å². The van der Waals surface area contributed by atoms with E-state index in [-0.39, 0.29) is 29.1 Å². The Bertz CT molecular complexity index is 1040. The van der Waals surface area contributed by atoms with Gasteiger partial charge >= 0.3 is 5.97 Å². The van der Waals surface area contributed by atoms with Crippen molar-refractivity contribution in [1.82, 2.24) is 15.6 Å². The molecule has 1 aromatic carbocycles. The average Bonchev–Trinajstić information content (AvgIpc) is 3.37. The van der Waals surface area contributed by atoms with E-state index < -0.39 is 23.2 Å². The van der Waals surface area contributed by atoms with Gasteiger partial charge in [-0.15, -0.1) is 0 Å². The Morgan fingerprint density at radius 1 is 1.33 bits per heavy atom. The van der Waals surface area contributed by atoms with Crippen molar-refractivity contribution < 1.29 is 27.9 Å². The third-order valence-electron chi connectivity index (χ3n) is 6.52. The normalized spacial score (nSPS) is 21.2. The number of hydrogen-bond donors (Lipinski definition) is 2. The smallest absolute Gasteiger partial charge is 0.342 e. The molecule has 10 heteroatoms. The topological polar surface area (TPSA) is 114 Å². The molecule has 1 saturated heterocycles. The van der Waals surface area contributed by atoms with Crippen molar-refractivity contribution in [1.29, 1.82) is 0 Å². The van der Waals surface area contributed by atoms with Gasteiger partial charge in [0.15, 0.2) is 6.39 Å². The summed E-state index contributed by atoms with van der Waals surface area (Å²) in [5.74, 6) is -1.51. The first-order valence-corrected chi connectivity index (χ1v) is 11.0. The van der Waals surface area contributed by atoms with Gasteiger partial charge in [-0.25, -0.2) is 14.2 Å². The molecule has 2 aliphatic rings. The molecule has 0 spiro atoms. The van der Waals surface area contributed by atoms with E-state index in [9.17, 15) is 18.8 Å². The van der Waals surface area contributed by atoms with Crippen LogP contribution < -0.4 is 15.5 Å². The molecule has 4 rings (SSSR count). The van der Waals surface area contributed by atoms with E-state index >= 15 is 0 Å². The molecule has 2 atom stereocenters. The molecule has 2 aromatic rings. The van der Waals surface area contributed by atoms with E-state index in [4.69, 9.17) is 9.15 Å². The van der Waals surface area contributed by atoms with Crippen LogP contribution in [0.1, 0.15) is 47.1 Å². The van der Waals surface area contributed by atoms with Gasteiger partial charge in [0.05, 0.1) is 19.0 Å².